The smallest absolute Gasteiger partial charge is 0.245 e. The summed E-state index contributed by atoms with van der Waals surface area (Å²) < 4.78 is 1.70. The van der Waals surface area contributed by atoms with Crippen molar-refractivity contribution in [3.05, 3.63) is 18.3 Å². The second kappa shape index (κ2) is 2.76. The highest BCUT2D eigenvalue weighted by Gasteiger charge is 2.03. The summed E-state index contributed by atoms with van der Waals surface area (Å²) >= 11 is 0. The summed E-state index contributed by atoms with van der Waals surface area (Å²) in [6, 6.07) is 3.58. The molecule has 0 saturated carbocycles. The summed E-state index contributed by atoms with van der Waals surface area (Å²) in [7, 11) is 9.42. The van der Waals surface area contributed by atoms with Crippen molar-refractivity contribution in [2.75, 3.05) is 19.0 Å². The van der Waals surface area contributed by atoms with E-state index < -0.39 is 0 Å². The molecular weight excluding hydrogens is 163 g/mol. The Kier molecular flexibility index (Phi) is 1.72. The molecule has 0 fully saturated rings. The van der Waals surface area contributed by atoms with Gasteiger partial charge >= 0.3 is 0 Å². The van der Waals surface area contributed by atoms with Gasteiger partial charge in [-0.1, -0.05) is 11.5 Å². The third-order valence-electron chi connectivity index (χ3n) is 1.75. The van der Waals surface area contributed by atoms with Crippen LogP contribution in [0.2, 0.25) is 0 Å². The molecule has 0 bridgehead atoms. The van der Waals surface area contributed by atoms with Crippen LogP contribution in [-0.2, 0) is 0 Å². The molecule has 0 atom stereocenters. The molecule has 0 unspecified atom stereocenters. The third-order valence-corrected chi connectivity index (χ3v) is 1.75. The highest BCUT2D eigenvalue weighted by atomic mass is 15.4. The molecule has 2 heterocycles. The van der Waals surface area contributed by atoms with Crippen molar-refractivity contribution in [2.24, 2.45) is 0 Å². The fourth-order valence-electron chi connectivity index (χ4n) is 1.08. The van der Waals surface area contributed by atoms with Gasteiger partial charge in [-0.25, -0.2) is 4.52 Å². The molecule has 2 rings (SSSR count). The monoisotopic (exact) mass is 172 g/mol. The Labute approximate surface area is 77.6 Å². The van der Waals surface area contributed by atoms with E-state index in [2.05, 4.69) is 10.1 Å². The fourth-order valence-corrected chi connectivity index (χ4v) is 1.08. The predicted octanol–water partition coefficient (Wildman–Crippen LogP) is -0.411. The van der Waals surface area contributed by atoms with Crippen LogP contribution in [-0.4, -0.2) is 36.5 Å². The molecule has 13 heavy (non-hydrogen) atoms. The molecule has 0 N–H and O–H groups in total. The number of hydrogen-bond acceptors (Lipinski definition) is 3. The zero-order chi connectivity index (χ0) is 9.42. The number of nitrogens with zero attached hydrogens (tertiary/aromatic N) is 4. The number of rotatable bonds is 1. The summed E-state index contributed by atoms with van der Waals surface area (Å²) in [5, 5.41) is 4.23. The maximum Gasteiger partial charge on any atom is 0.245 e. The first-order chi connectivity index (χ1) is 6.16. The van der Waals surface area contributed by atoms with E-state index in [0.717, 1.165) is 5.65 Å². The topological polar surface area (TPSA) is 33.4 Å². The summed E-state index contributed by atoms with van der Waals surface area (Å²) in [5.41, 5.74) is 1.47. The number of hydrogen-bond donors (Lipinski definition) is 0. The number of pyridine rings is 1. The Bertz CT molecular complexity index is 435. The standard InChI is InChI=1S/C8H9BN4/c1-12(2)8-10-7-5-6(9)3-4-13(7)11-8/h3-5H,1-2H3. The molecule has 4 nitrogen and oxygen atoms in total. The largest absolute Gasteiger partial charge is 0.346 e. The molecule has 0 amide bonds. The Hall–Kier alpha value is -1.52. The normalized spacial score (nSPS) is 10.6. The van der Waals surface area contributed by atoms with Gasteiger partial charge in [-0.15, -0.1) is 5.10 Å². The summed E-state index contributed by atoms with van der Waals surface area (Å²) in [6.07, 6.45) is 1.80. The molecule has 0 aromatic carbocycles. The lowest BCUT2D eigenvalue weighted by molar-refractivity contribution is 0.928. The zero-order valence-corrected chi connectivity index (χ0v) is 7.60. The highest BCUT2D eigenvalue weighted by Crippen LogP contribution is 2.05. The van der Waals surface area contributed by atoms with Crippen LogP contribution in [0.3, 0.4) is 0 Å². The van der Waals surface area contributed by atoms with Crippen LogP contribution in [0.1, 0.15) is 0 Å². The van der Waals surface area contributed by atoms with Gasteiger partial charge in [-0.05, 0) is 6.07 Å². The second-order valence-electron chi connectivity index (χ2n) is 3.07. The minimum absolute atomic E-state index is 0.686. The SMILES string of the molecule is [B]c1ccn2nc(N(C)C)nc2c1. The second-order valence-corrected chi connectivity index (χ2v) is 3.07. The van der Waals surface area contributed by atoms with Gasteiger partial charge < -0.3 is 4.90 Å². The molecule has 2 aromatic heterocycles. The van der Waals surface area contributed by atoms with E-state index >= 15 is 0 Å². The summed E-state index contributed by atoms with van der Waals surface area (Å²) in [6.45, 7) is 0. The van der Waals surface area contributed by atoms with Crippen molar-refractivity contribution in [3.8, 4) is 0 Å². The van der Waals surface area contributed by atoms with Crippen molar-refractivity contribution in [2.45, 2.75) is 0 Å². The molecule has 0 spiro atoms. The molecule has 0 aliphatic rings. The zero-order valence-electron chi connectivity index (χ0n) is 7.60. The van der Waals surface area contributed by atoms with Crippen LogP contribution in [0.25, 0.3) is 5.65 Å². The van der Waals surface area contributed by atoms with Gasteiger partial charge in [0.05, 0.1) is 0 Å². The molecule has 0 aliphatic carbocycles. The van der Waals surface area contributed by atoms with Crippen LogP contribution in [0.4, 0.5) is 5.95 Å². The van der Waals surface area contributed by atoms with E-state index in [1.807, 2.05) is 19.0 Å². The van der Waals surface area contributed by atoms with Crippen molar-refractivity contribution in [1.82, 2.24) is 14.6 Å². The summed E-state index contributed by atoms with van der Waals surface area (Å²) in [5.74, 6) is 0.686. The molecular formula is C8H9BN4. The number of anilines is 1. The molecule has 2 aromatic rings. The van der Waals surface area contributed by atoms with E-state index in [1.54, 1.807) is 22.8 Å². The Morgan fingerprint density at radius 2 is 2.23 bits per heavy atom. The van der Waals surface area contributed by atoms with Crippen molar-refractivity contribution < 1.29 is 0 Å². The highest BCUT2D eigenvalue weighted by molar-refractivity contribution is 6.32. The van der Waals surface area contributed by atoms with E-state index in [9.17, 15) is 0 Å². The first-order valence-electron chi connectivity index (χ1n) is 3.96. The minimum Gasteiger partial charge on any atom is -0.346 e. The van der Waals surface area contributed by atoms with E-state index in [0.29, 0.717) is 11.4 Å². The number of aromatic nitrogens is 3. The average molecular weight is 172 g/mol. The Morgan fingerprint density at radius 1 is 1.46 bits per heavy atom. The molecule has 64 valence electrons. The number of fused-ring (bicyclic) bond motifs is 1. The van der Waals surface area contributed by atoms with Gasteiger partial charge in [0.2, 0.25) is 5.95 Å². The van der Waals surface area contributed by atoms with Gasteiger partial charge in [-0.3, -0.25) is 0 Å². The van der Waals surface area contributed by atoms with Crippen molar-refractivity contribution >= 4 is 24.9 Å². The summed E-state index contributed by atoms with van der Waals surface area (Å²) in [4.78, 5) is 6.12. The van der Waals surface area contributed by atoms with E-state index in [4.69, 9.17) is 7.85 Å². The van der Waals surface area contributed by atoms with Crippen LogP contribution in [0.5, 0.6) is 0 Å². The van der Waals surface area contributed by atoms with Crippen LogP contribution in [0, 0.1) is 0 Å². The quantitative estimate of drug-likeness (QED) is 0.548. The van der Waals surface area contributed by atoms with Crippen molar-refractivity contribution in [3.63, 3.8) is 0 Å². The van der Waals surface area contributed by atoms with Gasteiger partial charge in [-0.2, -0.15) is 4.98 Å². The van der Waals surface area contributed by atoms with Gasteiger partial charge in [0.25, 0.3) is 0 Å². The maximum atomic E-state index is 5.61. The van der Waals surface area contributed by atoms with Gasteiger partial charge in [0.15, 0.2) is 5.65 Å². The lowest BCUT2D eigenvalue weighted by Crippen LogP contribution is -2.10. The fraction of sp³-hybridized carbons (Fsp3) is 0.250. The maximum absolute atomic E-state index is 5.61. The van der Waals surface area contributed by atoms with Crippen LogP contribution >= 0.6 is 0 Å². The van der Waals surface area contributed by atoms with Gasteiger partial charge in [0, 0.05) is 20.3 Å². The Balaban J connectivity index is 2.62. The lowest BCUT2D eigenvalue weighted by Gasteiger charge is -2.03. The van der Waals surface area contributed by atoms with Crippen molar-refractivity contribution in [1.29, 1.82) is 0 Å². The molecule has 2 radical (unpaired) electrons. The minimum atomic E-state index is 0.686. The molecule has 5 heteroatoms. The first kappa shape index (κ1) is 8.10. The van der Waals surface area contributed by atoms with Gasteiger partial charge in [0.1, 0.15) is 7.85 Å². The average Bonchev–Trinajstić information content (AvgIpc) is 2.46. The Morgan fingerprint density at radius 3 is 2.92 bits per heavy atom. The first-order valence-corrected chi connectivity index (χ1v) is 3.96. The van der Waals surface area contributed by atoms with Crippen LogP contribution in [0.15, 0.2) is 18.3 Å². The lowest BCUT2D eigenvalue weighted by atomic mass is 9.98. The van der Waals surface area contributed by atoms with E-state index in [-0.39, 0.29) is 0 Å². The third kappa shape index (κ3) is 1.37. The molecule has 0 aliphatic heterocycles. The van der Waals surface area contributed by atoms with E-state index in [1.165, 1.54) is 0 Å². The van der Waals surface area contributed by atoms with Crippen LogP contribution < -0.4 is 10.4 Å². The predicted molar refractivity (Wildman–Crippen MR) is 52.7 cm³/mol. The molecule has 0 saturated heterocycles.